The summed E-state index contributed by atoms with van der Waals surface area (Å²) in [7, 11) is -10.5. The molecule has 0 fully saturated rings. The molecule has 0 atom stereocenters. The molecule has 0 saturated carbocycles. The SMILES string of the molecule is O=C(O)c1ccc(S(=O)(=O)OS(=O)(=O)c2ccc(C(=O)O)c(C(=O)O)c2)cc1C(=O)O. The van der Waals surface area contributed by atoms with Gasteiger partial charge in [-0.1, -0.05) is 0 Å². The molecule has 15 heteroatoms. The van der Waals surface area contributed by atoms with E-state index in [1.807, 2.05) is 0 Å². The number of benzene rings is 2. The van der Waals surface area contributed by atoms with E-state index < -0.39 is 76.2 Å². The van der Waals surface area contributed by atoms with Gasteiger partial charge in [-0.15, -0.1) is 3.63 Å². The van der Waals surface area contributed by atoms with Gasteiger partial charge in [0.2, 0.25) is 0 Å². The Balaban J connectivity index is 2.54. The molecule has 0 aliphatic rings. The Morgan fingerprint density at radius 3 is 1.10 bits per heavy atom. The van der Waals surface area contributed by atoms with E-state index in [1.165, 1.54) is 0 Å². The van der Waals surface area contributed by atoms with Crippen molar-refractivity contribution in [3.63, 3.8) is 0 Å². The van der Waals surface area contributed by atoms with Crippen molar-refractivity contribution in [3.05, 3.63) is 58.7 Å². The summed E-state index contributed by atoms with van der Waals surface area (Å²) in [6, 6.07) is 3.14. The maximum Gasteiger partial charge on any atom is 0.336 e. The largest absolute Gasteiger partial charge is 0.478 e. The molecule has 2 rings (SSSR count). The number of carbonyl (C=O) groups is 4. The highest BCUT2D eigenvalue weighted by atomic mass is 32.3. The van der Waals surface area contributed by atoms with E-state index in [2.05, 4.69) is 3.63 Å². The summed E-state index contributed by atoms with van der Waals surface area (Å²) in [6.07, 6.45) is 0. The first kappa shape index (κ1) is 23.5. The Hall–Kier alpha value is -3.82. The van der Waals surface area contributed by atoms with Crippen LogP contribution in [0.2, 0.25) is 0 Å². The van der Waals surface area contributed by atoms with Gasteiger partial charge in [0.15, 0.2) is 0 Å². The summed E-state index contributed by atoms with van der Waals surface area (Å²) >= 11 is 0. The molecule has 0 spiro atoms. The minimum absolute atomic E-state index is 0.368. The zero-order chi connectivity index (χ0) is 23.7. The standard InChI is InChI=1S/C16H10O13S2/c17-13(18)9-3-1-7(5-11(9)15(21)22)30(25,26)29-31(27,28)8-2-4-10(14(19)20)12(6-8)16(23)24/h1-6H,(H,17,18)(H,19,20)(H,21,22)(H,23,24). The van der Waals surface area contributed by atoms with Gasteiger partial charge >= 0.3 is 44.1 Å². The normalized spacial score (nSPS) is 11.6. The second-order valence-corrected chi connectivity index (χ2v) is 8.92. The summed E-state index contributed by atoms with van der Waals surface area (Å²) < 4.78 is 53.4. The minimum Gasteiger partial charge on any atom is -0.478 e. The lowest BCUT2D eigenvalue weighted by Gasteiger charge is -2.09. The van der Waals surface area contributed by atoms with Gasteiger partial charge in [0, 0.05) is 0 Å². The summed E-state index contributed by atoms with van der Waals surface area (Å²) in [5.41, 5.74) is -3.48. The Bertz CT molecular complexity index is 1230. The van der Waals surface area contributed by atoms with Gasteiger partial charge in [0.05, 0.1) is 32.0 Å². The summed E-state index contributed by atoms with van der Waals surface area (Å²) in [5, 5.41) is 36.0. The lowest BCUT2D eigenvalue weighted by Crippen LogP contribution is -2.17. The first-order valence-corrected chi connectivity index (χ1v) is 10.4. The van der Waals surface area contributed by atoms with Gasteiger partial charge in [0.1, 0.15) is 0 Å². The molecule has 0 saturated heterocycles. The van der Waals surface area contributed by atoms with Crippen LogP contribution in [0.4, 0.5) is 0 Å². The Morgan fingerprint density at radius 1 is 0.548 bits per heavy atom. The number of aromatic carboxylic acids is 4. The van der Waals surface area contributed by atoms with Crippen molar-refractivity contribution in [2.75, 3.05) is 0 Å². The first-order chi connectivity index (χ1) is 14.2. The van der Waals surface area contributed by atoms with Crippen LogP contribution in [0.25, 0.3) is 0 Å². The van der Waals surface area contributed by atoms with E-state index >= 15 is 0 Å². The van der Waals surface area contributed by atoms with Crippen molar-refractivity contribution >= 4 is 44.1 Å². The molecular formula is C16H10O13S2. The molecule has 2 aromatic carbocycles. The highest BCUT2D eigenvalue weighted by Gasteiger charge is 2.30. The molecule has 4 N–H and O–H groups in total. The van der Waals surface area contributed by atoms with Crippen LogP contribution < -0.4 is 0 Å². The molecule has 2 aromatic rings. The maximum atomic E-state index is 12.3. The van der Waals surface area contributed by atoms with Crippen LogP contribution in [0.1, 0.15) is 41.4 Å². The fraction of sp³-hybridized carbons (Fsp3) is 0. The first-order valence-electron chi connectivity index (χ1n) is 7.60. The Kier molecular flexibility index (Phi) is 6.15. The summed E-state index contributed by atoms with van der Waals surface area (Å²) in [4.78, 5) is 42.4. The quantitative estimate of drug-likeness (QED) is 0.411. The third kappa shape index (κ3) is 4.85. The highest BCUT2D eigenvalue weighted by Crippen LogP contribution is 2.24. The van der Waals surface area contributed by atoms with Crippen molar-refractivity contribution in [2.24, 2.45) is 0 Å². The molecule has 0 unspecified atom stereocenters. The molecule has 0 bridgehead atoms. The molecule has 0 aliphatic heterocycles. The van der Waals surface area contributed by atoms with Crippen LogP contribution in [0.15, 0.2) is 46.2 Å². The topological polar surface area (TPSA) is 227 Å². The lowest BCUT2D eigenvalue weighted by molar-refractivity contribution is 0.0651. The van der Waals surface area contributed by atoms with Gasteiger partial charge in [-0.3, -0.25) is 0 Å². The van der Waals surface area contributed by atoms with E-state index in [4.69, 9.17) is 20.4 Å². The predicted octanol–water partition coefficient (Wildman–Crippen LogP) is 0.574. The van der Waals surface area contributed by atoms with Crippen molar-refractivity contribution in [1.29, 1.82) is 0 Å². The van der Waals surface area contributed by atoms with Crippen molar-refractivity contribution in [1.82, 2.24) is 0 Å². The van der Waals surface area contributed by atoms with Crippen LogP contribution >= 0.6 is 0 Å². The predicted molar refractivity (Wildman–Crippen MR) is 96.2 cm³/mol. The van der Waals surface area contributed by atoms with Crippen molar-refractivity contribution in [2.45, 2.75) is 9.79 Å². The fourth-order valence-electron chi connectivity index (χ4n) is 2.28. The average molecular weight is 474 g/mol. The molecular weight excluding hydrogens is 464 g/mol. The summed E-state index contributed by atoms with van der Waals surface area (Å²) in [6.45, 7) is 0. The molecule has 0 aromatic heterocycles. The number of carboxylic acids is 4. The van der Waals surface area contributed by atoms with Crippen LogP contribution in [0.3, 0.4) is 0 Å². The van der Waals surface area contributed by atoms with E-state index in [1.54, 1.807) is 0 Å². The molecule has 0 radical (unpaired) electrons. The second kappa shape index (κ2) is 8.13. The zero-order valence-electron chi connectivity index (χ0n) is 14.7. The Labute approximate surface area is 173 Å². The lowest BCUT2D eigenvalue weighted by atomic mass is 10.1. The zero-order valence-corrected chi connectivity index (χ0v) is 16.4. The van der Waals surface area contributed by atoms with Crippen LogP contribution in [-0.4, -0.2) is 61.1 Å². The van der Waals surface area contributed by atoms with Gasteiger partial charge in [-0.2, -0.15) is 16.8 Å². The monoisotopic (exact) mass is 474 g/mol. The smallest absolute Gasteiger partial charge is 0.336 e. The minimum atomic E-state index is -5.23. The number of hydrogen-bond donors (Lipinski definition) is 4. The highest BCUT2D eigenvalue weighted by molar-refractivity contribution is 7.99. The van der Waals surface area contributed by atoms with E-state index in [0.717, 1.165) is 0 Å². The average Bonchev–Trinajstić information content (AvgIpc) is 2.65. The number of rotatable bonds is 8. The fourth-order valence-corrected chi connectivity index (χ4v) is 4.85. The molecule has 31 heavy (non-hydrogen) atoms. The van der Waals surface area contributed by atoms with Gasteiger partial charge < -0.3 is 20.4 Å². The van der Waals surface area contributed by atoms with Crippen LogP contribution in [0.5, 0.6) is 0 Å². The molecule has 164 valence electrons. The van der Waals surface area contributed by atoms with Gasteiger partial charge in [-0.25, -0.2) is 19.2 Å². The van der Waals surface area contributed by atoms with E-state index in [-0.39, 0.29) is 0 Å². The van der Waals surface area contributed by atoms with Crippen LogP contribution in [0, 0.1) is 0 Å². The third-order valence-corrected chi connectivity index (χ3v) is 6.76. The summed E-state index contributed by atoms with van der Waals surface area (Å²) in [5.74, 6) is -7.00. The Morgan fingerprint density at radius 2 is 0.839 bits per heavy atom. The molecule has 0 amide bonds. The molecule has 13 nitrogen and oxygen atoms in total. The maximum absolute atomic E-state index is 12.3. The van der Waals surface area contributed by atoms with Crippen LogP contribution in [-0.2, 0) is 23.9 Å². The van der Waals surface area contributed by atoms with E-state index in [0.29, 0.717) is 36.4 Å². The van der Waals surface area contributed by atoms with Gasteiger partial charge in [0.25, 0.3) is 0 Å². The van der Waals surface area contributed by atoms with Crippen molar-refractivity contribution in [3.8, 4) is 0 Å². The third-order valence-electron chi connectivity index (χ3n) is 3.66. The van der Waals surface area contributed by atoms with Gasteiger partial charge in [-0.05, 0) is 36.4 Å². The number of hydrogen-bond acceptors (Lipinski definition) is 9. The second-order valence-electron chi connectivity index (χ2n) is 5.61. The number of carboxylic acid groups (broad SMARTS) is 4. The van der Waals surface area contributed by atoms with E-state index in [9.17, 15) is 36.0 Å². The molecule has 0 heterocycles. The van der Waals surface area contributed by atoms with Crippen molar-refractivity contribution < 1.29 is 60.1 Å². The molecule has 0 aliphatic carbocycles.